The molecule has 1 heterocycles. The molecule has 0 N–H and O–H groups in total. The van der Waals surface area contributed by atoms with E-state index >= 15 is 0 Å². The lowest BCUT2D eigenvalue weighted by Crippen LogP contribution is -2.22. The van der Waals surface area contributed by atoms with Crippen LogP contribution in [-0.4, -0.2) is 40.8 Å². The smallest absolute Gasteiger partial charge is 0.264 e. The average molecular weight is 250 g/mol. The van der Waals surface area contributed by atoms with Crippen molar-refractivity contribution in [2.24, 2.45) is 0 Å². The molecule has 0 aliphatic carbocycles. The van der Waals surface area contributed by atoms with Crippen LogP contribution in [0.25, 0.3) is 0 Å². The zero-order chi connectivity index (χ0) is 11.9. The van der Waals surface area contributed by atoms with E-state index in [1.54, 1.807) is 12.2 Å². The molecular weight excluding hydrogens is 232 g/mol. The zero-order valence-electron chi connectivity index (χ0n) is 9.42. The second-order valence-electron chi connectivity index (χ2n) is 3.59. The van der Waals surface area contributed by atoms with Crippen LogP contribution in [0.2, 0.25) is 0 Å². The van der Waals surface area contributed by atoms with E-state index in [0.29, 0.717) is 6.61 Å². The normalized spacial score (nSPS) is 22.7. The Kier molecular flexibility index (Phi) is 5.97. The molecule has 1 atom stereocenters. The highest BCUT2D eigenvalue weighted by Crippen LogP contribution is 2.13. The van der Waals surface area contributed by atoms with E-state index in [1.165, 1.54) is 0 Å². The molecular formula is C10H18O5S. The van der Waals surface area contributed by atoms with Gasteiger partial charge in [0.25, 0.3) is 10.1 Å². The number of hydrogen-bond donors (Lipinski definition) is 0. The van der Waals surface area contributed by atoms with Crippen LogP contribution in [0.5, 0.6) is 0 Å². The monoisotopic (exact) mass is 250 g/mol. The Hall–Kier alpha value is -0.430. The van der Waals surface area contributed by atoms with E-state index in [1.807, 2.05) is 0 Å². The topological polar surface area (TPSA) is 61.8 Å². The number of ether oxygens (including phenoxy) is 2. The molecule has 94 valence electrons. The van der Waals surface area contributed by atoms with Gasteiger partial charge in [-0.05, 0) is 19.3 Å². The summed E-state index contributed by atoms with van der Waals surface area (Å²) >= 11 is 0. The van der Waals surface area contributed by atoms with Gasteiger partial charge in [0.15, 0.2) is 6.29 Å². The maximum Gasteiger partial charge on any atom is 0.264 e. The molecule has 0 aromatic carbocycles. The minimum absolute atomic E-state index is 0.0493. The van der Waals surface area contributed by atoms with Crippen LogP contribution in [0.4, 0.5) is 0 Å². The van der Waals surface area contributed by atoms with Crippen LogP contribution in [0, 0.1) is 0 Å². The highest BCUT2D eigenvalue weighted by molar-refractivity contribution is 7.85. The van der Waals surface area contributed by atoms with Gasteiger partial charge < -0.3 is 9.47 Å². The van der Waals surface area contributed by atoms with Gasteiger partial charge in [0.05, 0.1) is 19.5 Å². The third-order valence-corrected chi connectivity index (χ3v) is 2.63. The van der Waals surface area contributed by atoms with Crippen molar-refractivity contribution < 1.29 is 22.1 Å². The summed E-state index contributed by atoms with van der Waals surface area (Å²) in [4.78, 5) is 0. The van der Waals surface area contributed by atoms with Gasteiger partial charge in [0.2, 0.25) is 0 Å². The number of rotatable bonds is 6. The lowest BCUT2D eigenvalue weighted by Gasteiger charge is -2.21. The van der Waals surface area contributed by atoms with E-state index < -0.39 is 10.1 Å². The van der Waals surface area contributed by atoms with Gasteiger partial charge in [-0.3, -0.25) is 4.18 Å². The second-order valence-corrected chi connectivity index (χ2v) is 5.23. The third-order valence-electron chi connectivity index (χ3n) is 2.06. The fourth-order valence-corrected chi connectivity index (χ4v) is 1.63. The summed E-state index contributed by atoms with van der Waals surface area (Å²) < 4.78 is 36.5. The lowest BCUT2D eigenvalue weighted by atomic mass is 10.2. The molecule has 16 heavy (non-hydrogen) atoms. The first-order valence-electron chi connectivity index (χ1n) is 5.30. The molecule has 1 rings (SSSR count). The summed E-state index contributed by atoms with van der Waals surface area (Å²) in [5, 5.41) is 0. The van der Waals surface area contributed by atoms with Gasteiger partial charge in [-0.2, -0.15) is 8.42 Å². The molecule has 1 fully saturated rings. The van der Waals surface area contributed by atoms with Gasteiger partial charge in [-0.25, -0.2) is 0 Å². The van der Waals surface area contributed by atoms with E-state index in [4.69, 9.17) is 9.47 Å². The molecule has 1 saturated heterocycles. The van der Waals surface area contributed by atoms with Gasteiger partial charge in [-0.15, -0.1) is 0 Å². The fraction of sp³-hybridized carbons (Fsp3) is 0.800. The quantitative estimate of drug-likeness (QED) is 0.521. The molecule has 0 bridgehead atoms. The maximum atomic E-state index is 10.6. The standard InChI is InChI=1S/C10H18O5S/c1-16(11,12)15-9-5-4-8-14-10-6-2-3-7-13-10/h4-5,10H,2-3,6-9H2,1H3. The molecule has 0 amide bonds. The van der Waals surface area contributed by atoms with E-state index in [2.05, 4.69) is 4.18 Å². The Morgan fingerprint density at radius 3 is 2.69 bits per heavy atom. The molecule has 1 aliphatic heterocycles. The zero-order valence-corrected chi connectivity index (χ0v) is 10.2. The maximum absolute atomic E-state index is 10.6. The summed E-state index contributed by atoms with van der Waals surface area (Å²) in [7, 11) is -3.35. The van der Waals surface area contributed by atoms with E-state index in [-0.39, 0.29) is 12.9 Å². The molecule has 1 aliphatic rings. The first-order chi connectivity index (χ1) is 7.58. The van der Waals surface area contributed by atoms with Crippen LogP contribution < -0.4 is 0 Å². The number of hydrogen-bond acceptors (Lipinski definition) is 5. The van der Waals surface area contributed by atoms with Crippen LogP contribution in [-0.2, 0) is 23.8 Å². The van der Waals surface area contributed by atoms with Gasteiger partial charge in [0, 0.05) is 6.61 Å². The highest BCUT2D eigenvalue weighted by atomic mass is 32.2. The molecule has 0 saturated carbocycles. The van der Waals surface area contributed by atoms with E-state index in [9.17, 15) is 8.42 Å². The second kappa shape index (κ2) is 7.01. The van der Waals surface area contributed by atoms with E-state index in [0.717, 1.165) is 32.1 Å². The summed E-state index contributed by atoms with van der Waals surface area (Å²) in [5.41, 5.74) is 0. The molecule has 0 aromatic rings. The summed E-state index contributed by atoms with van der Waals surface area (Å²) in [5.74, 6) is 0. The minimum Gasteiger partial charge on any atom is -0.353 e. The average Bonchev–Trinajstić information content (AvgIpc) is 2.23. The minimum atomic E-state index is -3.35. The van der Waals surface area contributed by atoms with Crippen molar-refractivity contribution in [3.05, 3.63) is 12.2 Å². The Labute approximate surface area is 96.5 Å². The molecule has 0 radical (unpaired) electrons. The van der Waals surface area contributed by atoms with Crippen molar-refractivity contribution in [1.29, 1.82) is 0 Å². The van der Waals surface area contributed by atoms with Crippen molar-refractivity contribution >= 4 is 10.1 Å². The van der Waals surface area contributed by atoms with Crippen LogP contribution in [0.15, 0.2) is 12.2 Å². The Morgan fingerprint density at radius 2 is 2.06 bits per heavy atom. The first-order valence-corrected chi connectivity index (χ1v) is 7.12. The van der Waals surface area contributed by atoms with Gasteiger partial charge in [0.1, 0.15) is 0 Å². The van der Waals surface area contributed by atoms with Gasteiger partial charge in [-0.1, -0.05) is 12.2 Å². The molecule has 1 unspecified atom stereocenters. The summed E-state index contributed by atoms with van der Waals surface area (Å²) in [6.07, 6.45) is 7.39. The third kappa shape index (κ3) is 6.95. The highest BCUT2D eigenvalue weighted by Gasteiger charge is 2.12. The molecule has 5 nitrogen and oxygen atoms in total. The van der Waals surface area contributed by atoms with Crippen molar-refractivity contribution in [3.63, 3.8) is 0 Å². The largest absolute Gasteiger partial charge is 0.353 e. The SMILES string of the molecule is CS(=O)(=O)OCC=CCOC1CCCCO1. The predicted molar refractivity (Wildman–Crippen MR) is 59.5 cm³/mol. The van der Waals surface area contributed by atoms with Crippen molar-refractivity contribution in [1.82, 2.24) is 0 Å². The Balaban J connectivity index is 2.03. The summed E-state index contributed by atoms with van der Waals surface area (Å²) in [6.45, 7) is 1.22. The van der Waals surface area contributed by atoms with Crippen LogP contribution in [0.3, 0.4) is 0 Å². The van der Waals surface area contributed by atoms with Crippen LogP contribution in [0.1, 0.15) is 19.3 Å². The molecule has 0 aromatic heterocycles. The van der Waals surface area contributed by atoms with Crippen LogP contribution >= 0.6 is 0 Å². The molecule has 6 heteroatoms. The molecule has 0 spiro atoms. The first kappa shape index (κ1) is 13.6. The van der Waals surface area contributed by atoms with Crippen molar-refractivity contribution in [2.45, 2.75) is 25.6 Å². The summed E-state index contributed by atoms with van der Waals surface area (Å²) in [6, 6.07) is 0. The predicted octanol–water partition coefficient (Wildman–Crippen LogP) is 1.06. The lowest BCUT2D eigenvalue weighted by molar-refractivity contribution is -0.155. The van der Waals surface area contributed by atoms with Crippen molar-refractivity contribution in [3.8, 4) is 0 Å². The van der Waals surface area contributed by atoms with Crippen molar-refractivity contribution in [2.75, 3.05) is 26.1 Å². The fourth-order valence-electron chi connectivity index (χ4n) is 1.30. The Morgan fingerprint density at radius 1 is 1.31 bits per heavy atom. The van der Waals surface area contributed by atoms with Gasteiger partial charge >= 0.3 is 0 Å². The Bertz CT molecular complexity index is 303.